The van der Waals surface area contributed by atoms with Crippen LogP contribution in [0.4, 0.5) is 0 Å². The van der Waals surface area contributed by atoms with E-state index >= 15 is 0 Å². The van der Waals surface area contributed by atoms with Crippen LogP contribution in [-0.4, -0.2) is 70.2 Å². The van der Waals surface area contributed by atoms with Gasteiger partial charge in [-0.1, -0.05) is 18.2 Å². The number of nitrogens with one attached hydrogen (secondary N) is 1. The molecule has 3 N–H and O–H groups in total. The maximum Gasteiger partial charge on any atom is 0.414 e. The minimum absolute atomic E-state index is 0.159. The van der Waals surface area contributed by atoms with Crippen molar-refractivity contribution in [1.29, 1.82) is 0 Å². The molecule has 2 aromatic carbocycles. The van der Waals surface area contributed by atoms with E-state index in [9.17, 15) is 8.42 Å². The number of benzene rings is 2. The van der Waals surface area contributed by atoms with Gasteiger partial charge in [-0.2, -0.15) is 0 Å². The van der Waals surface area contributed by atoms with E-state index in [4.69, 9.17) is 34.0 Å². The van der Waals surface area contributed by atoms with Crippen LogP contribution in [-0.2, 0) is 25.8 Å². The topological polar surface area (TPSA) is 148 Å². The molecule has 2 aromatic rings. The summed E-state index contributed by atoms with van der Waals surface area (Å²) in [6.07, 6.45) is 1.88. The summed E-state index contributed by atoms with van der Waals surface area (Å²) in [6, 6.07) is 12.9. The van der Waals surface area contributed by atoms with Gasteiger partial charge < -0.3 is 29.7 Å². The fraction of sp³-hybridized carbons (Fsp3) is 0.364. The van der Waals surface area contributed by atoms with Crippen molar-refractivity contribution in [3.8, 4) is 17.2 Å². The first-order valence-corrected chi connectivity index (χ1v) is 11.7. The Kier molecular flexibility index (Phi) is 11.2. The van der Waals surface area contributed by atoms with Crippen LogP contribution in [0.1, 0.15) is 12.5 Å². The molecule has 0 aromatic heterocycles. The number of sulfone groups is 1. The number of carboxylic acid groups (broad SMARTS) is 2. The largest absolute Gasteiger partial charge is 0.495 e. The lowest BCUT2D eigenvalue weighted by Crippen LogP contribution is -2.31. The zero-order valence-electron chi connectivity index (χ0n) is 18.9. The summed E-state index contributed by atoms with van der Waals surface area (Å²) in [7, 11) is -0.258. The van der Waals surface area contributed by atoms with Crippen LogP contribution in [0.15, 0.2) is 47.4 Å². The summed E-state index contributed by atoms with van der Waals surface area (Å²) in [4.78, 5) is 18.4. The Bertz CT molecular complexity index is 1030. The zero-order valence-corrected chi connectivity index (χ0v) is 19.7. The number of hydrogen-bond donors (Lipinski definition) is 3. The van der Waals surface area contributed by atoms with Gasteiger partial charge in [0.2, 0.25) is 0 Å². The first-order chi connectivity index (χ1) is 15.5. The van der Waals surface area contributed by atoms with Crippen molar-refractivity contribution in [1.82, 2.24) is 5.32 Å². The van der Waals surface area contributed by atoms with E-state index in [1.54, 1.807) is 19.2 Å². The molecule has 2 rings (SSSR count). The predicted octanol–water partition coefficient (Wildman–Crippen LogP) is 1.86. The number of methoxy groups -OCH3 is 2. The summed E-state index contributed by atoms with van der Waals surface area (Å²) < 4.78 is 40.0. The van der Waals surface area contributed by atoms with E-state index in [0.717, 1.165) is 5.56 Å². The van der Waals surface area contributed by atoms with Gasteiger partial charge in [-0.3, -0.25) is 0 Å². The highest BCUT2D eigenvalue weighted by Crippen LogP contribution is 2.26. The van der Waals surface area contributed by atoms with Crippen molar-refractivity contribution in [2.75, 3.05) is 33.6 Å². The number of hydrogen-bond acceptors (Lipinski definition) is 8. The molecular formula is C22H29NO9S. The summed E-state index contributed by atoms with van der Waals surface area (Å²) in [5.74, 6) is -1.86. The number of rotatable bonds is 10. The molecule has 1 atom stereocenters. The van der Waals surface area contributed by atoms with E-state index in [1.807, 2.05) is 37.3 Å². The molecule has 0 bridgehead atoms. The molecule has 0 spiro atoms. The van der Waals surface area contributed by atoms with Gasteiger partial charge in [0.05, 0.1) is 14.2 Å². The molecule has 0 saturated heterocycles. The molecule has 0 amide bonds. The standard InChI is InChI=1S/C20H27NO5S.C2H2O4/c1-15(21-11-12-26-18-8-6-5-7-17(18)24-2)13-16-9-10-19(25-3)20(14-16)27(4,22)23;3-1(4)2(5)6/h5-10,14-15,21H,11-13H2,1-4H3;(H,3,4)(H,5,6). The maximum atomic E-state index is 11.9. The van der Waals surface area contributed by atoms with Gasteiger partial charge in [0.25, 0.3) is 0 Å². The Morgan fingerprint density at radius 3 is 2.06 bits per heavy atom. The molecule has 10 nitrogen and oxygen atoms in total. The molecular weight excluding hydrogens is 454 g/mol. The fourth-order valence-corrected chi connectivity index (χ4v) is 3.65. The van der Waals surface area contributed by atoms with Crippen LogP contribution in [0.2, 0.25) is 0 Å². The third-order valence-electron chi connectivity index (χ3n) is 4.27. The quantitative estimate of drug-likeness (QED) is 0.338. The third kappa shape index (κ3) is 9.79. The van der Waals surface area contributed by atoms with Gasteiger partial charge in [0, 0.05) is 18.8 Å². The van der Waals surface area contributed by atoms with Crippen molar-refractivity contribution in [3.63, 3.8) is 0 Å². The molecule has 0 aliphatic heterocycles. The minimum Gasteiger partial charge on any atom is -0.495 e. The Morgan fingerprint density at radius 1 is 0.970 bits per heavy atom. The normalized spacial score (nSPS) is 11.5. The molecule has 11 heteroatoms. The highest BCUT2D eigenvalue weighted by atomic mass is 32.2. The highest BCUT2D eigenvalue weighted by Gasteiger charge is 2.15. The average Bonchev–Trinajstić information content (AvgIpc) is 2.76. The second-order valence-corrected chi connectivity index (χ2v) is 8.91. The van der Waals surface area contributed by atoms with Crippen LogP contribution in [0.5, 0.6) is 17.2 Å². The van der Waals surface area contributed by atoms with E-state index < -0.39 is 21.8 Å². The van der Waals surface area contributed by atoms with Crippen molar-refractivity contribution in [3.05, 3.63) is 48.0 Å². The minimum atomic E-state index is -3.34. The molecule has 33 heavy (non-hydrogen) atoms. The molecule has 0 saturated carbocycles. The molecule has 0 aliphatic rings. The predicted molar refractivity (Wildman–Crippen MR) is 121 cm³/mol. The van der Waals surface area contributed by atoms with Crippen LogP contribution < -0.4 is 19.5 Å². The van der Waals surface area contributed by atoms with E-state index in [-0.39, 0.29) is 10.9 Å². The number of para-hydroxylation sites is 2. The van der Waals surface area contributed by atoms with Crippen LogP contribution >= 0.6 is 0 Å². The van der Waals surface area contributed by atoms with Crippen LogP contribution in [0.3, 0.4) is 0 Å². The van der Waals surface area contributed by atoms with Crippen molar-refractivity contribution in [2.24, 2.45) is 0 Å². The van der Waals surface area contributed by atoms with E-state index in [0.29, 0.717) is 36.8 Å². The van der Waals surface area contributed by atoms with E-state index in [2.05, 4.69) is 5.32 Å². The van der Waals surface area contributed by atoms with Gasteiger partial charge in [0.15, 0.2) is 21.3 Å². The lowest BCUT2D eigenvalue weighted by atomic mass is 10.1. The molecule has 0 fully saturated rings. The lowest BCUT2D eigenvalue weighted by Gasteiger charge is -2.16. The Balaban J connectivity index is 0.000000801. The maximum absolute atomic E-state index is 11.9. The summed E-state index contributed by atoms with van der Waals surface area (Å²) in [5, 5.41) is 18.2. The number of carbonyl (C=O) groups is 2. The Labute approximate surface area is 193 Å². The van der Waals surface area contributed by atoms with Gasteiger partial charge in [-0.15, -0.1) is 0 Å². The van der Waals surface area contributed by atoms with Crippen LogP contribution in [0, 0.1) is 0 Å². The third-order valence-corrected chi connectivity index (χ3v) is 5.39. The number of aliphatic carboxylic acids is 2. The lowest BCUT2D eigenvalue weighted by molar-refractivity contribution is -0.159. The Hall–Kier alpha value is -3.31. The second-order valence-electron chi connectivity index (χ2n) is 6.93. The fourth-order valence-electron chi connectivity index (χ4n) is 2.77. The second kappa shape index (κ2) is 13.3. The molecule has 182 valence electrons. The molecule has 1 unspecified atom stereocenters. The number of ether oxygens (including phenoxy) is 3. The van der Waals surface area contributed by atoms with Crippen molar-refractivity contribution in [2.45, 2.75) is 24.3 Å². The van der Waals surface area contributed by atoms with Gasteiger partial charge >= 0.3 is 11.9 Å². The zero-order chi connectivity index (χ0) is 25.0. The average molecular weight is 484 g/mol. The molecule has 0 radical (unpaired) electrons. The van der Waals surface area contributed by atoms with Gasteiger partial charge in [-0.25, -0.2) is 18.0 Å². The Morgan fingerprint density at radius 2 is 1.55 bits per heavy atom. The summed E-state index contributed by atoms with van der Waals surface area (Å²) in [5.41, 5.74) is 0.932. The first kappa shape index (κ1) is 27.7. The van der Waals surface area contributed by atoms with Gasteiger partial charge in [0.1, 0.15) is 17.3 Å². The summed E-state index contributed by atoms with van der Waals surface area (Å²) in [6.45, 7) is 3.21. The molecule has 0 heterocycles. The van der Waals surface area contributed by atoms with Crippen molar-refractivity contribution >= 4 is 21.8 Å². The monoisotopic (exact) mass is 483 g/mol. The smallest absolute Gasteiger partial charge is 0.414 e. The highest BCUT2D eigenvalue weighted by molar-refractivity contribution is 7.90. The summed E-state index contributed by atoms with van der Waals surface area (Å²) >= 11 is 0. The molecule has 0 aliphatic carbocycles. The SMILES string of the molecule is COc1ccccc1OCCNC(C)Cc1ccc(OC)c(S(C)(=O)=O)c1.O=C(O)C(=O)O. The van der Waals surface area contributed by atoms with Crippen LogP contribution in [0.25, 0.3) is 0 Å². The van der Waals surface area contributed by atoms with Crippen molar-refractivity contribution < 1.29 is 42.4 Å². The number of carboxylic acids is 2. The van der Waals surface area contributed by atoms with E-state index in [1.165, 1.54) is 13.4 Å². The first-order valence-electron chi connectivity index (χ1n) is 9.82. The van der Waals surface area contributed by atoms with Gasteiger partial charge in [-0.05, 0) is 43.2 Å².